The molecule has 0 aliphatic carbocycles. The molecule has 12 bridgehead atoms. The van der Waals surface area contributed by atoms with Crippen LogP contribution in [0.25, 0.3) is 33.8 Å². The van der Waals surface area contributed by atoms with Crippen LogP contribution >= 0.6 is 0 Å². The van der Waals surface area contributed by atoms with Gasteiger partial charge in [0.2, 0.25) is 0 Å². The minimum Gasteiger partial charge on any atom is -0.505 e. The molecule has 9 nitrogen and oxygen atoms in total. The summed E-state index contributed by atoms with van der Waals surface area (Å²) in [6, 6.07) is 28.3. The Bertz CT molecular complexity index is 2330. The van der Waals surface area contributed by atoms with Crippen LogP contribution in [0.3, 0.4) is 0 Å². The van der Waals surface area contributed by atoms with Crippen LogP contribution < -0.4 is 0 Å². The average Bonchev–Trinajstić information content (AvgIpc) is 3.15. The number of nitrogens with zero attached hydrogens (tertiary/aromatic N) is 6. The van der Waals surface area contributed by atoms with Crippen LogP contribution in [0, 0.1) is 0 Å². The van der Waals surface area contributed by atoms with Crippen molar-refractivity contribution in [3.8, 4) is 51.0 Å². The summed E-state index contributed by atoms with van der Waals surface area (Å²) in [5.41, 5.74) is 8.15. The summed E-state index contributed by atoms with van der Waals surface area (Å²) in [6.45, 7) is 18.4. The van der Waals surface area contributed by atoms with Crippen LogP contribution in [0.4, 0.5) is 17.1 Å². The van der Waals surface area contributed by atoms with Crippen LogP contribution in [-0.4, -0.2) is 48.9 Å². The summed E-state index contributed by atoms with van der Waals surface area (Å²) in [4.78, 5) is 29.1. The molecule has 0 atom stereocenters. The standard InChI is InChI=1S/C48H48N6O3/c1-46(2,3)34-19-28-22-40(43(34)55)49-25-31-14-11-17-38(53-31)29-20-35(47(4,5)6)45(57)42(23-29)51-27-33-15-12-18-39(54-33)30-21-36(48(7,8)9)44(56)41(24-30)50-26-32-13-10-16-37(28)52-32/h10-27,55-57H,1-9H3. The fourth-order valence-electron chi connectivity index (χ4n) is 6.77. The second kappa shape index (κ2) is 14.5. The molecule has 9 heteroatoms. The van der Waals surface area contributed by atoms with E-state index in [0.29, 0.717) is 51.2 Å². The van der Waals surface area contributed by atoms with Crippen LogP contribution in [-0.2, 0) is 16.2 Å². The van der Waals surface area contributed by atoms with Gasteiger partial charge in [-0.3, -0.25) is 15.0 Å². The maximum atomic E-state index is 11.5. The van der Waals surface area contributed by atoms with E-state index in [0.717, 1.165) is 33.4 Å². The lowest BCUT2D eigenvalue weighted by Crippen LogP contribution is -2.11. The van der Waals surface area contributed by atoms with Crippen molar-refractivity contribution in [2.75, 3.05) is 0 Å². The number of hydrogen-bond donors (Lipinski definition) is 3. The first kappa shape index (κ1) is 38.8. The van der Waals surface area contributed by atoms with E-state index in [1.807, 2.05) is 153 Å². The number of phenols is 3. The van der Waals surface area contributed by atoms with Gasteiger partial charge in [-0.15, -0.1) is 0 Å². The largest absolute Gasteiger partial charge is 0.505 e. The highest BCUT2D eigenvalue weighted by Gasteiger charge is 2.25. The summed E-state index contributed by atoms with van der Waals surface area (Å²) in [5.74, 6) is 0.244. The molecule has 4 heterocycles. The van der Waals surface area contributed by atoms with Crippen molar-refractivity contribution in [2.24, 2.45) is 15.0 Å². The summed E-state index contributed by atoms with van der Waals surface area (Å²) < 4.78 is 0. The zero-order chi connectivity index (χ0) is 40.9. The molecule has 0 fully saturated rings. The summed E-state index contributed by atoms with van der Waals surface area (Å²) in [7, 11) is 0. The van der Waals surface area contributed by atoms with Crippen molar-refractivity contribution in [3.05, 3.63) is 125 Å². The number of fused-ring (bicyclic) bond motifs is 15. The molecule has 0 spiro atoms. The summed E-state index contributed by atoms with van der Waals surface area (Å²) in [5, 5.41) is 34.6. The number of aromatic hydroxyl groups is 3. The van der Waals surface area contributed by atoms with Gasteiger partial charge < -0.3 is 15.3 Å². The van der Waals surface area contributed by atoms with Crippen LogP contribution in [0.1, 0.15) is 96.1 Å². The Morgan fingerprint density at radius 1 is 0.368 bits per heavy atom. The fraction of sp³-hybridized carbons (Fsp3) is 0.250. The van der Waals surface area contributed by atoms with Gasteiger partial charge in [0.1, 0.15) is 34.3 Å². The Balaban J connectivity index is 1.49. The highest BCUT2D eigenvalue weighted by atomic mass is 16.3. The van der Waals surface area contributed by atoms with E-state index in [1.165, 1.54) is 0 Å². The molecule has 3 aromatic carbocycles. The number of benzene rings is 3. The van der Waals surface area contributed by atoms with E-state index >= 15 is 0 Å². The highest BCUT2D eigenvalue weighted by Crippen LogP contribution is 2.44. The number of hydrogen-bond acceptors (Lipinski definition) is 9. The Morgan fingerprint density at radius 2 is 0.632 bits per heavy atom. The molecule has 0 radical (unpaired) electrons. The molecule has 288 valence electrons. The minimum absolute atomic E-state index is 0.0815. The second-order valence-electron chi connectivity index (χ2n) is 17.5. The molecule has 7 rings (SSSR count). The molecular formula is C48H48N6O3. The molecule has 57 heavy (non-hydrogen) atoms. The molecule has 1 aliphatic rings. The monoisotopic (exact) mass is 756 g/mol. The molecule has 0 amide bonds. The van der Waals surface area contributed by atoms with E-state index in [2.05, 4.69) is 0 Å². The van der Waals surface area contributed by atoms with Gasteiger partial charge in [0.15, 0.2) is 0 Å². The second-order valence-corrected chi connectivity index (χ2v) is 17.5. The van der Waals surface area contributed by atoms with Gasteiger partial charge in [-0.25, -0.2) is 15.0 Å². The third-order valence-electron chi connectivity index (χ3n) is 9.90. The Labute approximate surface area is 334 Å². The first-order valence-electron chi connectivity index (χ1n) is 19.0. The minimum atomic E-state index is -0.407. The van der Waals surface area contributed by atoms with Gasteiger partial charge in [-0.1, -0.05) is 80.5 Å². The normalized spacial score (nSPS) is 13.0. The average molecular weight is 757 g/mol. The smallest absolute Gasteiger partial charge is 0.144 e. The topological polar surface area (TPSA) is 136 Å². The number of rotatable bonds is 0. The van der Waals surface area contributed by atoms with Gasteiger partial charge in [0.25, 0.3) is 0 Å². The van der Waals surface area contributed by atoms with Crippen LogP contribution in [0.5, 0.6) is 17.2 Å². The van der Waals surface area contributed by atoms with Crippen LogP contribution in [0.15, 0.2) is 106 Å². The van der Waals surface area contributed by atoms with E-state index in [-0.39, 0.29) is 17.2 Å². The van der Waals surface area contributed by atoms with E-state index in [1.54, 1.807) is 18.6 Å². The molecule has 6 aromatic rings. The molecule has 3 N–H and O–H groups in total. The van der Waals surface area contributed by atoms with Gasteiger partial charge in [-0.2, -0.15) is 0 Å². The first-order chi connectivity index (χ1) is 26.8. The number of pyridine rings is 3. The Morgan fingerprint density at radius 3 is 0.877 bits per heavy atom. The zero-order valence-electron chi connectivity index (χ0n) is 33.9. The Hall–Kier alpha value is -6.48. The quantitative estimate of drug-likeness (QED) is 0.141. The third-order valence-corrected chi connectivity index (χ3v) is 9.90. The predicted octanol–water partition coefficient (Wildman–Crippen LogP) is 11.4. The van der Waals surface area contributed by atoms with Gasteiger partial charge >= 0.3 is 0 Å². The van der Waals surface area contributed by atoms with Crippen molar-refractivity contribution in [1.29, 1.82) is 0 Å². The summed E-state index contributed by atoms with van der Waals surface area (Å²) in [6.07, 6.45) is 4.91. The lowest BCUT2D eigenvalue weighted by atomic mass is 9.84. The van der Waals surface area contributed by atoms with E-state index in [4.69, 9.17) is 29.9 Å². The fourth-order valence-corrected chi connectivity index (χ4v) is 6.77. The lowest BCUT2D eigenvalue weighted by Gasteiger charge is -2.22. The van der Waals surface area contributed by atoms with E-state index in [9.17, 15) is 15.3 Å². The maximum absolute atomic E-state index is 11.5. The molecule has 3 aromatic heterocycles. The van der Waals surface area contributed by atoms with Gasteiger partial charge in [0.05, 0.1) is 52.8 Å². The predicted molar refractivity (Wildman–Crippen MR) is 232 cm³/mol. The molecule has 1 aliphatic heterocycles. The SMILES string of the molecule is CC(C)(C)c1cc2cc(c1O)N=Cc1cccc(n1)-c1cc(c(O)c(C(C)(C)C)c1)N=Cc1cccc(n1)-c1cc(c(O)c(C(C)(C)C)c1)N=Cc1cccc-2n1. The molecule has 0 unspecified atom stereocenters. The van der Waals surface area contributed by atoms with Gasteiger partial charge in [0, 0.05) is 33.4 Å². The lowest BCUT2D eigenvalue weighted by molar-refractivity contribution is 0.448. The van der Waals surface area contributed by atoms with Gasteiger partial charge in [-0.05, 0) is 89.0 Å². The maximum Gasteiger partial charge on any atom is 0.144 e. The van der Waals surface area contributed by atoms with Crippen molar-refractivity contribution >= 4 is 35.7 Å². The van der Waals surface area contributed by atoms with Crippen LogP contribution in [0.2, 0.25) is 0 Å². The Kier molecular flexibility index (Phi) is 9.90. The summed E-state index contributed by atoms with van der Waals surface area (Å²) >= 11 is 0. The van der Waals surface area contributed by atoms with Crippen molar-refractivity contribution in [2.45, 2.75) is 78.6 Å². The number of phenolic OH excluding ortho intramolecular Hbond substituents is 3. The highest BCUT2D eigenvalue weighted by molar-refractivity contribution is 5.87. The zero-order valence-corrected chi connectivity index (χ0v) is 33.9. The molecule has 0 saturated heterocycles. The first-order valence-corrected chi connectivity index (χ1v) is 19.0. The van der Waals surface area contributed by atoms with Crippen molar-refractivity contribution in [1.82, 2.24) is 15.0 Å². The van der Waals surface area contributed by atoms with Crippen molar-refractivity contribution in [3.63, 3.8) is 0 Å². The molecule has 0 saturated carbocycles. The number of aliphatic imine (C=N–C) groups is 3. The third kappa shape index (κ3) is 8.24. The molecular weight excluding hydrogens is 709 g/mol. The van der Waals surface area contributed by atoms with E-state index < -0.39 is 16.2 Å². The number of aromatic nitrogens is 3. The van der Waals surface area contributed by atoms with Crippen molar-refractivity contribution < 1.29 is 15.3 Å².